The van der Waals surface area contributed by atoms with Crippen LogP contribution in [-0.2, 0) is 25.7 Å². The van der Waals surface area contributed by atoms with Crippen molar-refractivity contribution in [3.8, 4) is 22.3 Å². The quantitative estimate of drug-likeness (QED) is 0.173. The fourth-order valence-electron chi connectivity index (χ4n) is 11.3. The summed E-state index contributed by atoms with van der Waals surface area (Å²) in [5, 5.41) is 3.92. The monoisotopic (exact) mass is 685 g/mol. The molecule has 0 spiro atoms. The molecule has 3 saturated carbocycles. The molecule has 3 N–H and O–H groups in total. The van der Waals surface area contributed by atoms with E-state index in [9.17, 15) is 0 Å². The average Bonchev–Trinajstić information content (AvgIpc) is 3.98. The highest BCUT2D eigenvalue weighted by molar-refractivity contribution is 5.84. The van der Waals surface area contributed by atoms with Gasteiger partial charge in [0.2, 0.25) is 0 Å². The molecular formula is C47H51N5. The highest BCUT2D eigenvalue weighted by Crippen LogP contribution is 2.49. The lowest BCUT2D eigenvalue weighted by Crippen LogP contribution is -2.30. The van der Waals surface area contributed by atoms with Gasteiger partial charge in [-0.15, -0.1) is 0 Å². The van der Waals surface area contributed by atoms with Crippen molar-refractivity contribution < 1.29 is 0 Å². The van der Waals surface area contributed by atoms with E-state index in [1.807, 2.05) is 0 Å². The van der Waals surface area contributed by atoms with Gasteiger partial charge in [-0.25, -0.2) is 9.97 Å². The van der Waals surface area contributed by atoms with E-state index >= 15 is 0 Å². The van der Waals surface area contributed by atoms with Gasteiger partial charge in [0, 0.05) is 12.0 Å². The molecule has 5 unspecified atom stereocenters. The number of hydrogen-bond donors (Lipinski definition) is 3. The van der Waals surface area contributed by atoms with E-state index in [0.29, 0.717) is 18.0 Å². The molecule has 1 aliphatic heterocycles. The summed E-state index contributed by atoms with van der Waals surface area (Å²) >= 11 is 0. The molecule has 8 aliphatic rings. The number of benzene rings is 4. The first-order valence-electron chi connectivity index (χ1n) is 20.7. The second kappa shape index (κ2) is 12.7. The maximum Gasteiger partial charge on any atom is 0.124 e. The van der Waals surface area contributed by atoms with Crippen molar-refractivity contribution in [2.75, 3.05) is 0 Å². The lowest BCUT2D eigenvalue weighted by Gasteiger charge is -2.24. The first-order chi connectivity index (χ1) is 25.7. The lowest BCUT2D eigenvalue weighted by atomic mass is 9.82. The molecule has 14 rings (SSSR count). The number of H-pyrrole nitrogens is 2. The first kappa shape index (κ1) is 31.3. The smallest absolute Gasteiger partial charge is 0.124 e. The summed E-state index contributed by atoms with van der Waals surface area (Å²) in [5.41, 5.74) is 15.6. The van der Waals surface area contributed by atoms with E-state index in [-0.39, 0.29) is 0 Å². The molecule has 4 fully saturated rings. The minimum Gasteiger partial charge on any atom is -0.342 e. The number of hydrogen-bond acceptors (Lipinski definition) is 3. The third kappa shape index (κ3) is 5.62. The molecule has 7 aliphatic carbocycles. The third-order valence-electron chi connectivity index (χ3n) is 14.2. The number of nitrogens with one attached hydrogen (secondary N) is 3. The summed E-state index contributed by atoms with van der Waals surface area (Å²) in [4.78, 5) is 17.8. The molecule has 4 aromatic carbocycles. The number of rotatable bonds is 4. The van der Waals surface area contributed by atoms with E-state index in [1.54, 1.807) is 0 Å². The van der Waals surface area contributed by atoms with Gasteiger partial charge in [0.05, 0.1) is 28.1 Å². The van der Waals surface area contributed by atoms with Gasteiger partial charge >= 0.3 is 0 Å². The van der Waals surface area contributed by atoms with Gasteiger partial charge < -0.3 is 15.3 Å². The van der Waals surface area contributed by atoms with E-state index in [1.165, 1.54) is 126 Å². The van der Waals surface area contributed by atoms with Crippen LogP contribution in [-0.4, -0.2) is 26.0 Å². The first-order valence-corrected chi connectivity index (χ1v) is 20.7. The molecule has 52 heavy (non-hydrogen) atoms. The maximum absolute atomic E-state index is 5.15. The topological polar surface area (TPSA) is 69.4 Å². The van der Waals surface area contributed by atoms with Gasteiger partial charge in [0.15, 0.2) is 0 Å². The highest BCUT2D eigenvalue weighted by Gasteiger charge is 2.38. The van der Waals surface area contributed by atoms with Crippen molar-refractivity contribution in [1.82, 2.24) is 25.3 Å². The maximum atomic E-state index is 5.15. The second-order valence-corrected chi connectivity index (χ2v) is 17.3. The van der Waals surface area contributed by atoms with Crippen molar-refractivity contribution >= 4 is 22.1 Å². The molecule has 4 bridgehead atoms. The van der Waals surface area contributed by atoms with Crippen molar-refractivity contribution in [3.05, 3.63) is 107 Å². The summed E-state index contributed by atoms with van der Waals surface area (Å²) < 4.78 is 0. The van der Waals surface area contributed by atoms with Gasteiger partial charge in [-0.3, -0.25) is 0 Å². The third-order valence-corrected chi connectivity index (χ3v) is 14.2. The van der Waals surface area contributed by atoms with Crippen LogP contribution < -0.4 is 5.32 Å². The largest absolute Gasteiger partial charge is 0.342 e. The molecule has 0 amide bonds. The number of aromatic nitrogens is 4. The van der Waals surface area contributed by atoms with Crippen LogP contribution in [0.25, 0.3) is 44.3 Å². The van der Waals surface area contributed by atoms with Crippen LogP contribution in [0.4, 0.5) is 0 Å². The number of nitrogens with zero attached hydrogens (tertiary/aromatic N) is 2. The number of aryl methyl sites for hydroxylation is 4. The van der Waals surface area contributed by atoms with E-state index in [4.69, 9.17) is 9.97 Å². The van der Waals surface area contributed by atoms with Gasteiger partial charge in [-0.05, 0) is 144 Å². The Hall–Kier alpha value is -4.22. The zero-order valence-electron chi connectivity index (χ0n) is 30.4. The van der Waals surface area contributed by atoms with Crippen molar-refractivity contribution in [2.24, 2.45) is 17.8 Å². The number of aromatic amines is 2. The summed E-state index contributed by atoms with van der Waals surface area (Å²) in [6.45, 7) is 0. The van der Waals surface area contributed by atoms with E-state index in [0.717, 1.165) is 65.8 Å². The summed E-state index contributed by atoms with van der Waals surface area (Å²) in [6, 6.07) is 29.4. The van der Waals surface area contributed by atoms with Crippen LogP contribution in [0.5, 0.6) is 0 Å². The van der Waals surface area contributed by atoms with Crippen LogP contribution in [0.2, 0.25) is 0 Å². The van der Waals surface area contributed by atoms with Crippen molar-refractivity contribution in [3.63, 3.8) is 0 Å². The van der Waals surface area contributed by atoms with E-state index < -0.39 is 0 Å². The second-order valence-electron chi connectivity index (χ2n) is 17.3. The molecule has 5 heteroatoms. The molecule has 5 atom stereocenters. The molecule has 1 saturated heterocycles. The highest BCUT2D eigenvalue weighted by atomic mass is 15.1. The SMILES string of the molecule is c1cc2c(-c3ccc4nc(C5CC6CCCCC6C5)[nH]c4c3)cc1CCc1ccc(cc1-c1ccc3nc(C4CC5CCCCC5N4)[nH]c3c1)CC2. The summed E-state index contributed by atoms with van der Waals surface area (Å²) in [7, 11) is 0. The Morgan fingerprint density at radius 2 is 1.06 bits per heavy atom. The number of fused-ring (bicyclic) bond motifs is 4. The fraction of sp³-hybridized carbons (Fsp3) is 0.447. The Labute approximate surface area is 307 Å². The zero-order valence-corrected chi connectivity index (χ0v) is 30.4. The molecule has 264 valence electrons. The fourth-order valence-corrected chi connectivity index (χ4v) is 11.3. The lowest BCUT2D eigenvalue weighted by molar-refractivity contribution is 0.277. The number of imidazole rings is 2. The molecule has 6 aromatic rings. The van der Waals surface area contributed by atoms with Crippen LogP contribution in [0, 0.1) is 17.8 Å². The van der Waals surface area contributed by atoms with Crippen LogP contribution in [0.3, 0.4) is 0 Å². The van der Waals surface area contributed by atoms with Gasteiger partial charge in [0.1, 0.15) is 11.6 Å². The van der Waals surface area contributed by atoms with Crippen LogP contribution >= 0.6 is 0 Å². The summed E-state index contributed by atoms with van der Waals surface area (Å²) in [6.07, 6.45) is 19.1. The van der Waals surface area contributed by atoms with Gasteiger partial charge in [-0.1, -0.05) is 87.1 Å². The molecule has 3 heterocycles. The molecule has 0 radical (unpaired) electrons. The van der Waals surface area contributed by atoms with Crippen molar-refractivity contribution in [1.29, 1.82) is 0 Å². The minimum absolute atomic E-state index is 0.351. The van der Waals surface area contributed by atoms with Crippen LogP contribution in [0.15, 0.2) is 72.8 Å². The Bertz CT molecular complexity index is 2100. The Balaban J connectivity index is 0.861. The van der Waals surface area contributed by atoms with Gasteiger partial charge in [-0.2, -0.15) is 0 Å². The predicted octanol–water partition coefficient (Wildman–Crippen LogP) is 10.9. The Kier molecular flexibility index (Phi) is 7.66. The minimum atomic E-state index is 0.351. The van der Waals surface area contributed by atoms with Crippen LogP contribution in [0.1, 0.15) is 116 Å². The molecule has 2 aromatic heterocycles. The van der Waals surface area contributed by atoms with Crippen molar-refractivity contribution in [2.45, 2.75) is 114 Å². The average molecular weight is 686 g/mol. The Morgan fingerprint density at radius 1 is 0.500 bits per heavy atom. The predicted molar refractivity (Wildman–Crippen MR) is 212 cm³/mol. The van der Waals surface area contributed by atoms with E-state index in [2.05, 4.69) is 88.1 Å². The summed E-state index contributed by atoms with van der Waals surface area (Å²) in [5.74, 6) is 5.60. The Morgan fingerprint density at radius 3 is 1.67 bits per heavy atom. The zero-order chi connectivity index (χ0) is 34.2. The van der Waals surface area contributed by atoms with Gasteiger partial charge in [0.25, 0.3) is 0 Å². The molecular weight excluding hydrogens is 635 g/mol. The molecule has 5 nitrogen and oxygen atoms in total. The standard InChI is InChI=1S/C47H51N5/c1-2-6-33-24-37(23-32(33)5-1)46-49-41-19-17-34(25-43(41)51-46)38-21-28-9-13-30(38)14-10-29-12-16-31(15-11-28)39(22-29)35-18-20-42-44(26-35)52-47(50-42)45-27-36-7-3-4-8-40(36)48-45/h9,12-13,16-22,25-26,32-33,36-37,40,45,48H,1-8,10-11,14-15,23-24,27H2,(H,49,51)(H,50,52). The normalized spacial score (nSPS) is 27.2.